The van der Waals surface area contributed by atoms with Crippen molar-refractivity contribution in [3.63, 3.8) is 0 Å². The first-order chi connectivity index (χ1) is 8.55. The molecule has 0 spiro atoms. The van der Waals surface area contributed by atoms with E-state index in [1.807, 2.05) is 0 Å². The Labute approximate surface area is 111 Å². The van der Waals surface area contributed by atoms with Crippen molar-refractivity contribution in [3.8, 4) is 0 Å². The third-order valence-electron chi connectivity index (χ3n) is 4.24. The van der Waals surface area contributed by atoms with Crippen molar-refractivity contribution in [2.45, 2.75) is 51.0 Å². The number of hydrogen-bond donors (Lipinski definition) is 1. The van der Waals surface area contributed by atoms with E-state index in [0.717, 1.165) is 38.8 Å². The van der Waals surface area contributed by atoms with Crippen LogP contribution in [0.4, 0.5) is 0 Å². The van der Waals surface area contributed by atoms with Gasteiger partial charge < -0.3 is 4.90 Å². The fourth-order valence-electron chi connectivity index (χ4n) is 3.09. The van der Waals surface area contributed by atoms with Crippen LogP contribution in [-0.2, 0) is 10.0 Å². The van der Waals surface area contributed by atoms with Gasteiger partial charge in [-0.15, -0.1) is 0 Å². The molecule has 0 unspecified atom stereocenters. The molecule has 2 aliphatic rings. The van der Waals surface area contributed by atoms with Crippen LogP contribution in [0.2, 0.25) is 0 Å². The Morgan fingerprint density at radius 3 is 2.28 bits per heavy atom. The summed E-state index contributed by atoms with van der Waals surface area (Å²) in [4.78, 5) is 2.26. The second-order valence-electron chi connectivity index (χ2n) is 5.98. The lowest BCUT2D eigenvalue weighted by Gasteiger charge is -2.30. The normalized spacial score (nSPS) is 25.4. The summed E-state index contributed by atoms with van der Waals surface area (Å²) in [6, 6.07) is 0.162. The zero-order valence-electron chi connectivity index (χ0n) is 11.4. The zero-order chi connectivity index (χ0) is 13.0. The number of nitrogens with one attached hydrogen (secondary N) is 1. The lowest BCUT2D eigenvalue weighted by atomic mass is 9.91. The van der Waals surface area contributed by atoms with Gasteiger partial charge in [0.2, 0.25) is 10.0 Å². The van der Waals surface area contributed by atoms with E-state index in [-0.39, 0.29) is 6.04 Å². The Morgan fingerprint density at radius 1 is 1.06 bits per heavy atom. The minimum atomic E-state index is -3.07. The molecule has 1 saturated heterocycles. The van der Waals surface area contributed by atoms with Crippen molar-refractivity contribution in [3.05, 3.63) is 0 Å². The number of sulfonamides is 1. The summed E-state index contributed by atoms with van der Waals surface area (Å²) < 4.78 is 27.2. The van der Waals surface area contributed by atoms with E-state index in [1.165, 1.54) is 19.3 Å². The fourth-order valence-corrected chi connectivity index (χ4v) is 4.89. The molecule has 0 aromatic heterocycles. The molecular formula is C13H26N2O2S. The first kappa shape index (κ1) is 14.3. The van der Waals surface area contributed by atoms with Gasteiger partial charge in [0.15, 0.2) is 0 Å². The number of nitrogens with zero attached hydrogens (tertiary/aromatic N) is 1. The van der Waals surface area contributed by atoms with E-state index < -0.39 is 10.0 Å². The number of hydrogen-bond acceptors (Lipinski definition) is 3. The molecule has 1 saturated carbocycles. The predicted molar refractivity (Wildman–Crippen MR) is 74.0 cm³/mol. The highest BCUT2D eigenvalue weighted by Crippen LogP contribution is 2.25. The van der Waals surface area contributed by atoms with Crippen LogP contribution in [-0.4, -0.2) is 45.2 Å². The third-order valence-corrected chi connectivity index (χ3v) is 5.85. The van der Waals surface area contributed by atoms with Gasteiger partial charge >= 0.3 is 0 Å². The van der Waals surface area contributed by atoms with Crippen molar-refractivity contribution in [2.24, 2.45) is 5.92 Å². The van der Waals surface area contributed by atoms with Gasteiger partial charge in [-0.2, -0.15) is 0 Å². The molecule has 1 aliphatic heterocycles. The summed E-state index contributed by atoms with van der Waals surface area (Å²) in [5.41, 5.74) is 0. The molecule has 0 aromatic carbocycles. The molecule has 106 valence electrons. The second-order valence-corrected chi connectivity index (χ2v) is 7.78. The Balaban J connectivity index is 1.79. The minimum Gasteiger partial charge on any atom is -0.306 e. The van der Waals surface area contributed by atoms with Crippen LogP contribution in [0.25, 0.3) is 0 Å². The maximum absolute atomic E-state index is 12.1. The first-order valence-electron chi connectivity index (χ1n) is 7.24. The van der Waals surface area contributed by atoms with Crippen molar-refractivity contribution < 1.29 is 8.42 Å². The largest absolute Gasteiger partial charge is 0.306 e. The van der Waals surface area contributed by atoms with E-state index in [4.69, 9.17) is 0 Å². The smallest absolute Gasteiger partial charge is 0.212 e. The highest BCUT2D eigenvalue weighted by molar-refractivity contribution is 7.89. The average molecular weight is 274 g/mol. The van der Waals surface area contributed by atoms with Gasteiger partial charge in [-0.25, -0.2) is 13.1 Å². The van der Waals surface area contributed by atoms with Crippen LogP contribution in [0.5, 0.6) is 0 Å². The summed E-state index contributed by atoms with van der Waals surface area (Å²) in [6.07, 6.45) is 7.76. The lowest BCUT2D eigenvalue weighted by Crippen LogP contribution is -2.44. The first-order valence-corrected chi connectivity index (χ1v) is 8.89. The van der Waals surface area contributed by atoms with Gasteiger partial charge in [0, 0.05) is 6.04 Å². The van der Waals surface area contributed by atoms with Crippen molar-refractivity contribution in [1.29, 1.82) is 0 Å². The van der Waals surface area contributed by atoms with Crippen LogP contribution in [0, 0.1) is 5.92 Å². The van der Waals surface area contributed by atoms with Gasteiger partial charge in [0.1, 0.15) is 0 Å². The quantitative estimate of drug-likeness (QED) is 0.847. The molecule has 2 rings (SSSR count). The van der Waals surface area contributed by atoms with Crippen molar-refractivity contribution >= 4 is 10.0 Å². The molecule has 0 amide bonds. The van der Waals surface area contributed by atoms with Gasteiger partial charge in [-0.05, 0) is 51.7 Å². The van der Waals surface area contributed by atoms with Gasteiger partial charge in [0.05, 0.1) is 5.75 Å². The molecule has 4 nitrogen and oxygen atoms in total. The number of likely N-dealkylation sites (tertiary alicyclic amines) is 1. The van der Waals surface area contributed by atoms with Crippen molar-refractivity contribution in [2.75, 3.05) is 25.9 Å². The average Bonchev–Trinajstić information content (AvgIpc) is 2.32. The second kappa shape index (κ2) is 6.35. The zero-order valence-corrected chi connectivity index (χ0v) is 12.2. The minimum absolute atomic E-state index is 0.162. The molecule has 1 N–H and O–H groups in total. The molecule has 0 bridgehead atoms. The van der Waals surface area contributed by atoms with Crippen LogP contribution in [0.15, 0.2) is 0 Å². The molecule has 2 fully saturated rings. The van der Waals surface area contributed by atoms with E-state index in [9.17, 15) is 8.42 Å². The van der Waals surface area contributed by atoms with Crippen LogP contribution >= 0.6 is 0 Å². The Morgan fingerprint density at radius 2 is 1.67 bits per heavy atom. The highest BCUT2D eigenvalue weighted by Gasteiger charge is 2.25. The molecule has 0 atom stereocenters. The Kier molecular flexibility index (Phi) is 5.04. The van der Waals surface area contributed by atoms with Crippen LogP contribution in [0.3, 0.4) is 0 Å². The highest BCUT2D eigenvalue weighted by atomic mass is 32.2. The summed E-state index contributed by atoms with van der Waals surface area (Å²) in [6.45, 7) is 1.99. The van der Waals surface area contributed by atoms with Gasteiger partial charge in [-0.3, -0.25) is 0 Å². The maximum atomic E-state index is 12.1. The predicted octanol–water partition coefficient (Wildman–Crippen LogP) is 1.58. The molecule has 1 aliphatic carbocycles. The van der Waals surface area contributed by atoms with E-state index >= 15 is 0 Å². The summed E-state index contributed by atoms with van der Waals surface area (Å²) in [5.74, 6) is 0.738. The van der Waals surface area contributed by atoms with Crippen LogP contribution in [0.1, 0.15) is 44.9 Å². The standard InChI is InChI=1S/C13H26N2O2S/c1-15-9-7-13(8-10-15)14-18(16,17)11-12-5-3-2-4-6-12/h12-14H,2-11H2,1H3. The molecule has 0 aromatic rings. The lowest BCUT2D eigenvalue weighted by molar-refractivity contribution is 0.247. The molecule has 18 heavy (non-hydrogen) atoms. The third kappa shape index (κ3) is 4.52. The fraction of sp³-hybridized carbons (Fsp3) is 1.00. The monoisotopic (exact) mass is 274 g/mol. The number of rotatable bonds is 4. The summed E-state index contributed by atoms with van der Waals surface area (Å²) >= 11 is 0. The molecule has 5 heteroatoms. The molecule has 0 radical (unpaired) electrons. The SMILES string of the molecule is CN1CCC(NS(=O)(=O)CC2CCCCC2)CC1. The Hall–Kier alpha value is -0.130. The summed E-state index contributed by atoms with van der Waals surface area (Å²) in [7, 11) is -0.977. The summed E-state index contributed by atoms with van der Waals surface area (Å²) in [5, 5.41) is 0. The maximum Gasteiger partial charge on any atom is 0.212 e. The van der Waals surface area contributed by atoms with Gasteiger partial charge in [-0.1, -0.05) is 19.3 Å². The number of piperidine rings is 1. The van der Waals surface area contributed by atoms with E-state index in [1.54, 1.807) is 0 Å². The van der Waals surface area contributed by atoms with E-state index in [2.05, 4.69) is 16.7 Å². The van der Waals surface area contributed by atoms with Gasteiger partial charge in [0.25, 0.3) is 0 Å². The van der Waals surface area contributed by atoms with Crippen LogP contribution < -0.4 is 4.72 Å². The Bertz CT molecular complexity index is 342. The van der Waals surface area contributed by atoms with E-state index in [0.29, 0.717) is 11.7 Å². The molecular weight excluding hydrogens is 248 g/mol. The molecule has 1 heterocycles. The topological polar surface area (TPSA) is 49.4 Å². The van der Waals surface area contributed by atoms with Crippen molar-refractivity contribution in [1.82, 2.24) is 9.62 Å².